The number of nitrogens with one attached hydrogen (secondary N) is 1. The number of rotatable bonds is 2. The number of aromatic hydroxyl groups is 1. The maximum absolute atomic E-state index is 9.44. The van der Waals surface area contributed by atoms with Crippen molar-refractivity contribution in [1.82, 2.24) is 0 Å². The van der Waals surface area contributed by atoms with Gasteiger partial charge in [-0.05, 0) is 18.6 Å². The zero-order valence-corrected chi connectivity index (χ0v) is 11.2. The summed E-state index contributed by atoms with van der Waals surface area (Å²) in [5.41, 5.74) is 0.868. The molecule has 0 spiro atoms. The van der Waals surface area contributed by atoms with E-state index in [4.69, 9.17) is 23.2 Å². The lowest BCUT2D eigenvalue weighted by molar-refractivity contribution is 0.476. The molecule has 1 aromatic carbocycles. The lowest BCUT2D eigenvalue weighted by Crippen LogP contribution is -2.18. The Kier molecular flexibility index (Phi) is 3.77. The van der Waals surface area contributed by atoms with Crippen LogP contribution in [0, 0.1) is 0 Å². The zero-order chi connectivity index (χ0) is 11.7. The number of hydrogen-bond acceptors (Lipinski definition) is 3. The lowest BCUT2D eigenvalue weighted by Gasteiger charge is -2.14. The molecule has 1 heterocycles. The van der Waals surface area contributed by atoms with Crippen LogP contribution in [0.15, 0.2) is 12.1 Å². The van der Waals surface area contributed by atoms with Gasteiger partial charge < -0.3 is 10.4 Å². The number of halogens is 2. The van der Waals surface area contributed by atoms with Gasteiger partial charge in [-0.1, -0.05) is 30.1 Å². The van der Waals surface area contributed by atoms with Crippen LogP contribution in [-0.2, 0) is 0 Å². The number of thioether (sulfide) groups is 1. The molecule has 2 nitrogen and oxygen atoms in total. The summed E-state index contributed by atoms with van der Waals surface area (Å²) in [6, 6.07) is 3.86. The van der Waals surface area contributed by atoms with E-state index in [1.54, 1.807) is 12.1 Å². The van der Waals surface area contributed by atoms with Gasteiger partial charge in [-0.2, -0.15) is 11.8 Å². The van der Waals surface area contributed by atoms with Crippen molar-refractivity contribution in [2.45, 2.75) is 24.6 Å². The summed E-state index contributed by atoms with van der Waals surface area (Å²) in [6.07, 6.45) is 1.14. The van der Waals surface area contributed by atoms with Crippen LogP contribution >= 0.6 is 35.0 Å². The fourth-order valence-electron chi connectivity index (χ4n) is 1.80. The van der Waals surface area contributed by atoms with E-state index < -0.39 is 0 Å². The third-order valence-electron chi connectivity index (χ3n) is 2.59. The molecule has 2 atom stereocenters. The molecular formula is C11H13Cl2NOS. The molecule has 88 valence electrons. The fourth-order valence-corrected chi connectivity index (χ4v) is 3.44. The first-order valence-corrected chi connectivity index (χ1v) is 6.93. The highest BCUT2D eigenvalue weighted by atomic mass is 35.5. The molecule has 1 aliphatic heterocycles. The Labute approximate surface area is 109 Å². The Morgan fingerprint density at radius 2 is 2.00 bits per heavy atom. The average Bonchev–Trinajstić information content (AvgIpc) is 2.60. The summed E-state index contributed by atoms with van der Waals surface area (Å²) in [4.78, 5) is 0. The van der Waals surface area contributed by atoms with Crippen molar-refractivity contribution in [2.75, 3.05) is 11.1 Å². The lowest BCUT2D eigenvalue weighted by atomic mass is 10.2. The van der Waals surface area contributed by atoms with E-state index >= 15 is 0 Å². The maximum atomic E-state index is 9.44. The van der Waals surface area contributed by atoms with Gasteiger partial charge in [-0.3, -0.25) is 0 Å². The molecule has 0 radical (unpaired) electrons. The van der Waals surface area contributed by atoms with E-state index in [-0.39, 0.29) is 15.8 Å². The van der Waals surface area contributed by atoms with Crippen molar-refractivity contribution < 1.29 is 5.11 Å². The normalized spacial score (nSPS) is 24.7. The topological polar surface area (TPSA) is 32.3 Å². The highest BCUT2D eigenvalue weighted by molar-refractivity contribution is 8.00. The smallest absolute Gasteiger partial charge is 0.152 e. The van der Waals surface area contributed by atoms with Gasteiger partial charge in [0.25, 0.3) is 0 Å². The highest BCUT2D eigenvalue weighted by Crippen LogP contribution is 2.36. The largest absolute Gasteiger partial charge is 0.505 e. The zero-order valence-electron chi connectivity index (χ0n) is 8.84. The third-order valence-corrected chi connectivity index (χ3v) is 4.52. The first kappa shape index (κ1) is 12.2. The van der Waals surface area contributed by atoms with Crippen molar-refractivity contribution >= 4 is 40.7 Å². The first-order chi connectivity index (χ1) is 7.56. The number of benzene rings is 1. The van der Waals surface area contributed by atoms with Crippen molar-refractivity contribution in [2.24, 2.45) is 0 Å². The standard InChI is InChI=1S/C11H13Cl2NOS/c1-6-2-8(5-16-6)14-7-3-9(12)11(15)10(13)4-7/h3-4,6,8,14-15H,2,5H2,1H3. The Morgan fingerprint density at radius 1 is 1.38 bits per heavy atom. The van der Waals surface area contributed by atoms with Gasteiger partial charge in [0.15, 0.2) is 5.75 Å². The van der Waals surface area contributed by atoms with Crippen LogP contribution < -0.4 is 5.32 Å². The first-order valence-electron chi connectivity index (χ1n) is 5.12. The summed E-state index contributed by atoms with van der Waals surface area (Å²) in [5, 5.41) is 14.1. The van der Waals surface area contributed by atoms with Crippen LogP contribution in [0.3, 0.4) is 0 Å². The highest BCUT2D eigenvalue weighted by Gasteiger charge is 2.21. The third kappa shape index (κ3) is 2.70. The number of phenols is 1. The molecule has 16 heavy (non-hydrogen) atoms. The summed E-state index contributed by atoms with van der Waals surface area (Å²) in [6.45, 7) is 2.23. The number of anilines is 1. The second kappa shape index (κ2) is 4.94. The maximum Gasteiger partial charge on any atom is 0.152 e. The molecular weight excluding hydrogens is 265 g/mol. The Hall–Kier alpha value is -0.250. The number of hydrogen-bond donors (Lipinski definition) is 2. The minimum Gasteiger partial charge on any atom is -0.505 e. The molecule has 0 bridgehead atoms. The van der Waals surface area contributed by atoms with Gasteiger partial charge in [0, 0.05) is 22.7 Å². The molecule has 0 aromatic heterocycles. The molecule has 1 saturated heterocycles. The van der Waals surface area contributed by atoms with E-state index in [9.17, 15) is 5.11 Å². The summed E-state index contributed by atoms with van der Waals surface area (Å²) < 4.78 is 0. The second-order valence-electron chi connectivity index (χ2n) is 4.01. The van der Waals surface area contributed by atoms with Crippen molar-refractivity contribution in [3.05, 3.63) is 22.2 Å². The Balaban J connectivity index is 2.10. The van der Waals surface area contributed by atoms with Crippen molar-refractivity contribution in [3.8, 4) is 5.75 Å². The quantitative estimate of drug-likeness (QED) is 0.802. The predicted octanol–water partition coefficient (Wildman–Crippen LogP) is 4.00. The molecule has 2 rings (SSSR count). The van der Waals surface area contributed by atoms with E-state index in [1.165, 1.54) is 0 Å². The average molecular weight is 278 g/mol. The fraction of sp³-hybridized carbons (Fsp3) is 0.455. The van der Waals surface area contributed by atoms with Crippen LogP contribution in [0.4, 0.5) is 5.69 Å². The molecule has 0 amide bonds. The van der Waals surface area contributed by atoms with Crippen LogP contribution in [-0.4, -0.2) is 22.2 Å². The van der Waals surface area contributed by atoms with Crippen LogP contribution in [0.25, 0.3) is 0 Å². The monoisotopic (exact) mass is 277 g/mol. The minimum absolute atomic E-state index is 0.0527. The second-order valence-corrected chi connectivity index (χ2v) is 6.30. The molecule has 1 aliphatic rings. The van der Waals surface area contributed by atoms with Gasteiger partial charge in [-0.15, -0.1) is 0 Å². The molecule has 0 aliphatic carbocycles. The van der Waals surface area contributed by atoms with Crippen LogP contribution in [0.1, 0.15) is 13.3 Å². The van der Waals surface area contributed by atoms with E-state index in [0.717, 1.165) is 17.9 Å². The minimum atomic E-state index is -0.0527. The van der Waals surface area contributed by atoms with Crippen molar-refractivity contribution in [1.29, 1.82) is 0 Å². The Bertz CT molecular complexity index is 377. The van der Waals surface area contributed by atoms with Gasteiger partial charge in [-0.25, -0.2) is 0 Å². The summed E-state index contributed by atoms with van der Waals surface area (Å²) >= 11 is 13.7. The van der Waals surface area contributed by atoms with E-state index in [2.05, 4.69) is 12.2 Å². The summed E-state index contributed by atoms with van der Waals surface area (Å²) in [7, 11) is 0. The predicted molar refractivity (Wildman–Crippen MR) is 72.1 cm³/mol. The van der Waals surface area contributed by atoms with Gasteiger partial charge >= 0.3 is 0 Å². The van der Waals surface area contributed by atoms with Crippen molar-refractivity contribution in [3.63, 3.8) is 0 Å². The van der Waals surface area contributed by atoms with Crippen LogP contribution in [0.5, 0.6) is 5.75 Å². The van der Waals surface area contributed by atoms with Gasteiger partial charge in [0.05, 0.1) is 10.0 Å². The van der Waals surface area contributed by atoms with Gasteiger partial charge in [0.1, 0.15) is 0 Å². The van der Waals surface area contributed by atoms with E-state index in [0.29, 0.717) is 11.3 Å². The molecule has 2 unspecified atom stereocenters. The number of phenolic OH excluding ortho intramolecular Hbond substituents is 1. The SMILES string of the molecule is CC1CC(Nc2cc(Cl)c(O)c(Cl)c2)CS1. The summed E-state index contributed by atoms with van der Waals surface area (Å²) in [5.74, 6) is 1.04. The van der Waals surface area contributed by atoms with Gasteiger partial charge in [0.2, 0.25) is 0 Å². The van der Waals surface area contributed by atoms with Crippen LogP contribution in [0.2, 0.25) is 10.0 Å². The molecule has 1 fully saturated rings. The Morgan fingerprint density at radius 3 is 2.50 bits per heavy atom. The molecule has 0 saturated carbocycles. The molecule has 5 heteroatoms. The molecule has 1 aromatic rings. The van der Waals surface area contributed by atoms with E-state index in [1.807, 2.05) is 11.8 Å². The molecule has 2 N–H and O–H groups in total.